The Balaban J connectivity index is 2.32. The molecule has 1 heterocycles. The Morgan fingerprint density at radius 1 is 1.21 bits per heavy atom. The number of benzene rings is 1. The second-order valence-corrected chi connectivity index (χ2v) is 4.57. The zero-order valence-electron chi connectivity index (χ0n) is 10.5. The van der Waals surface area contributed by atoms with Crippen molar-refractivity contribution >= 4 is 0 Å². The van der Waals surface area contributed by atoms with Crippen molar-refractivity contribution in [2.75, 3.05) is 32.8 Å². The Bertz CT molecular complexity index is 417. The van der Waals surface area contributed by atoms with Gasteiger partial charge in [-0.1, -0.05) is 18.2 Å². The smallest absolute Gasteiger partial charge is 0.394 e. The average Bonchev–Trinajstić information content (AvgIpc) is 2.40. The van der Waals surface area contributed by atoms with Gasteiger partial charge >= 0.3 is 6.18 Å². The van der Waals surface area contributed by atoms with E-state index >= 15 is 0 Å². The van der Waals surface area contributed by atoms with Crippen LogP contribution in [0.1, 0.15) is 17.2 Å². The van der Waals surface area contributed by atoms with Crippen LogP contribution in [0.5, 0.6) is 0 Å². The molecule has 2 rings (SSSR count). The fourth-order valence-corrected chi connectivity index (χ4v) is 2.45. The molecule has 0 unspecified atom stereocenters. The van der Waals surface area contributed by atoms with E-state index in [2.05, 4.69) is 5.32 Å². The Labute approximate surface area is 110 Å². The molecule has 3 nitrogen and oxygen atoms in total. The maximum absolute atomic E-state index is 13.0. The molecule has 1 aliphatic heterocycles. The van der Waals surface area contributed by atoms with Crippen molar-refractivity contribution in [2.45, 2.75) is 12.2 Å². The molecule has 0 aromatic heterocycles. The van der Waals surface area contributed by atoms with Gasteiger partial charge < -0.3 is 10.4 Å². The molecular weight excluding hydrogens is 257 g/mol. The van der Waals surface area contributed by atoms with Gasteiger partial charge in [-0.2, -0.15) is 13.2 Å². The lowest BCUT2D eigenvalue weighted by molar-refractivity contribution is -0.139. The summed E-state index contributed by atoms with van der Waals surface area (Å²) in [5, 5.41) is 12.6. The standard InChI is InChI=1S/C13H17F3N2O/c14-13(15,16)11-4-2-1-3-10(11)12(9-19)18-7-5-17-6-8-18/h1-4,12,17,19H,5-9H2/t12-/m1/s1. The molecular formula is C13H17F3N2O. The van der Waals surface area contributed by atoms with Crippen molar-refractivity contribution < 1.29 is 18.3 Å². The van der Waals surface area contributed by atoms with Crippen molar-refractivity contribution in [3.05, 3.63) is 35.4 Å². The lowest BCUT2D eigenvalue weighted by Crippen LogP contribution is -2.46. The molecule has 1 fully saturated rings. The fourth-order valence-electron chi connectivity index (χ4n) is 2.45. The molecule has 0 radical (unpaired) electrons. The number of aliphatic hydroxyl groups is 1. The minimum Gasteiger partial charge on any atom is -0.394 e. The predicted octanol–water partition coefficient (Wildman–Crippen LogP) is 1.64. The van der Waals surface area contributed by atoms with Crippen molar-refractivity contribution in [1.82, 2.24) is 10.2 Å². The van der Waals surface area contributed by atoms with E-state index in [9.17, 15) is 18.3 Å². The highest BCUT2D eigenvalue weighted by atomic mass is 19.4. The highest BCUT2D eigenvalue weighted by molar-refractivity contribution is 5.32. The van der Waals surface area contributed by atoms with Gasteiger partial charge in [-0.05, 0) is 11.6 Å². The summed E-state index contributed by atoms with van der Waals surface area (Å²) in [6.45, 7) is 2.41. The summed E-state index contributed by atoms with van der Waals surface area (Å²) in [5.41, 5.74) is -0.507. The van der Waals surface area contributed by atoms with E-state index in [1.165, 1.54) is 12.1 Å². The fraction of sp³-hybridized carbons (Fsp3) is 0.538. The third-order valence-corrected chi connectivity index (χ3v) is 3.39. The summed E-state index contributed by atoms with van der Waals surface area (Å²) in [6, 6.07) is 4.87. The number of hydrogen-bond acceptors (Lipinski definition) is 3. The van der Waals surface area contributed by atoms with Crippen molar-refractivity contribution in [3.63, 3.8) is 0 Å². The first kappa shape index (κ1) is 14.3. The van der Waals surface area contributed by atoms with E-state index in [0.717, 1.165) is 19.2 Å². The van der Waals surface area contributed by atoms with Crippen LogP contribution in [-0.2, 0) is 6.18 Å². The summed E-state index contributed by atoms with van der Waals surface area (Å²) < 4.78 is 39.0. The molecule has 1 aromatic rings. The number of aliphatic hydroxyl groups excluding tert-OH is 1. The summed E-state index contributed by atoms with van der Waals surface area (Å²) in [5.74, 6) is 0. The first-order valence-corrected chi connectivity index (χ1v) is 6.26. The Morgan fingerprint density at radius 2 is 1.84 bits per heavy atom. The predicted molar refractivity (Wildman–Crippen MR) is 65.7 cm³/mol. The molecule has 2 N–H and O–H groups in total. The molecule has 1 atom stereocenters. The first-order chi connectivity index (χ1) is 9.04. The van der Waals surface area contributed by atoms with Crippen LogP contribution >= 0.6 is 0 Å². The minimum absolute atomic E-state index is 0.152. The quantitative estimate of drug-likeness (QED) is 0.879. The van der Waals surface area contributed by atoms with E-state index in [0.29, 0.717) is 13.1 Å². The zero-order chi connectivity index (χ0) is 13.9. The second kappa shape index (κ2) is 5.90. The van der Waals surface area contributed by atoms with Gasteiger partial charge in [-0.3, -0.25) is 4.90 Å². The molecule has 1 saturated heterocycles. The SMILES string of the molecule is OC[C@H](c1ccccc1C(F)(F)F)N1CCNCC1. The van der Waals surface area contributed by atoms with E-state index in [1.807, 2.05) is 4.90 Å². The molecule has 0 spiro atoms. The lowest BCUT2D eigenvalue weighted by Gasteiger charge is -2.35. The van der Waals surface area contributed by atoms with Crippen LogP contribution in [0.15, 0.2) is 24.3 Å². The van der Waals surface area contributed by atoms with E-state index in [4.69, 9.17) is 0 Å². The zero-order valence-corrected chi connectivity index (χ0v) is 10.5. The van der Waals surface area contributed by atoms with Crippen molar-refractivity contribution in [3.8, 4) is 0 Å². The summed E-state index contributed by atoms with van der Waals surface area (Å²) in [7, 11) is 0. The monoisotopic (exact) mass is 274 g/mol. The molecule has 0 saturated carbocycles. The van der Waals surface area contributed by atoms with Crippen LogP contribution in [0.4, 0.5) is 13.2 Å². The summed E-state index contributed by atoms with van der Waals surface area (Å²) in [4.78, 5) is 1.89. The van der Waals surface area contributed by atoms with Gasteiger partial charge in [-0.25, -0.2) is 0 Å². The Hall–Kier alpha value is -1.11. The lowest BCUT2D eigenvalue weighted by atomic mass is 9.98. The van der Waals surface area contributed by atoms with Gasteiger partial charge in [0.2, 0.25) is 0 Å². The minimum atomic E-state index is -4.39. The number of nitrogens with one attached hydrogen (secondary N) is 1. The van der Waals surface area contributed by atoms with Gasteiger partial charge in [-0.15, -0.1) is 0 Å². The van der Waals surface area contributed by atoms with E-state index in [1.54, 1.807) is 6.07 Å². The van der Waals surface area contributed by atoms with Crippen LogP contribution in [0.2, 0.25) is 0 Å². The third-order valence-electron chi connectivity index (χ3n) is 3.39. The number of hydrogen-bond donors (Lipinski definition) is 2. The van der Waals surface area contributed by atoms with E-state index < -0.39 is 17.8 Å². The van der Waals surface area contributed by atoms with Crippen molar-refractivity contribution in [2.24, 2.45) is 0 Å². The molecule has 0 amide bonds. The van der Waals surface area contributed by atoms with Crippen LogP contribution in [0, 0.1) is 0 Å². The molecule has 19 heavy (non-hydrogen) atoms. The Morgan fingerprint density at radius 3 is 2.42 bits per heavy atom. The molecule has 1 aliphatic rings. The van der Waals surface area contributed by atoms with Crippen LogP contribution < -0.4 is 5.32 Å². The topological polar surface area (TPSA) is 35.5 Å². The van der Waals surface area contributed by atoms with Gasteiger partial charge in [0.1, 0.15) is 0 Å². The number of rotatable bonds is 3. The third kappa shape index (κ3) is 3.26. The maximum atomic E-state index is 13.0. The average molecular weight is 274 g/mol. The molecule has 106 valence electrons. The van der Waals surface area contributed by atoms with Crippen LogP contribution in [0.3, 0.4) is 0 Å². The normalized spacial score (nSPS) is 19.4. The van der Waals surface area contributed by atoms with E-state index in [-0.39, 0.29) is 12.2 Å². The molecule has 6 heteroatoms. The highest BCUT2D eigenvalue weighted by Gasteiger charge is 2.36. The second-order valence-electron chi connectivity index (χ2n) is 4.57. The molecule has 0 bridgehead atoms. The number of alkyl halides is 3. The maximum Gasteiger partial charge on any atom is 0.416 e. The largest absolute Gasteiger partial charge is 0.416 e. The first-order valence-electron chi connectivity index (χ1n) is 6.26. The van der Waals surface area contributed by atoms with Gasteiger partial charge in [0.15, 0.2) is 0 Å². The Kier molecular flexibility index (Phi) is 4.44. The van der Waals surface area contributed by atoms with Gasteiger partial charge in [0.05, 0.1) is 18.2 Å². The highest BCUT2D eigenvalue weighted by Crippen LogP contribution is 2.36. The number of halogens is 3. The van der Waals surface area contributed by atoms with Gasteiger partial charge in [0.25, 0.3) is 0 Å². The van der Waals surface area contributed by atoms with Gasteiger partial charge in [0, 0.05) is 26.2 Å². The van der Waals surface area contributed by atoms with Crippen LogP contribution in [0.25, 0.3) is 0 Å². The van der Waals surface area contributed by atoms with Crippen molar-refractivity contribution in [1.29, 1.82) is 0 Å². The number of piperazine rings is 1. The summed E-state index contributed by atoms with van der Waals surface area (Å²) in [6.07, 6.45) is -4.39. The number of nitrogens with zero attached hydrogens (tertiary/aromatic N) is 1. The van der Waals surface area contributed by atoms with Crippen LogP contribution in [-0.4, -0.2) is 42.8 Å². The molecule has 1 aromatic carbocycles. The molecule has 0 aliphatic carbocycles. The summed E-state index contributed by atoms with van der Waals surface area (Å²) >= 11 is 0.